The maximum atomic E-state index is 11.9. The van der Waals surface area contributed by atoms with Gasteiger partial charge in [-0.1, -0.05) is 30.3 Å². The molecule has 1 aromatic carbocycles. The van der Waals surface area contributed by atoms with Crippen molar-refractivity contribution in [3.05, 3.63) is 90.1 Å². The number of hydrogen-bond donors (Lipinski definition) is 1. The molecule has 2 aromatic heterocycles. The van der Waals surface area contributed by atoms with Crippen LogP contribution in [-0.4, -0.2) is 16.6 Å². The van der Waals surface area contributed by atoms with Gasteiger partial charge in [0.15, 0.2) is 5.76 Å². The number of hydrogen-bond acceptors (Lipinski definition) is 4. The Bertz CT molecular complexity index is 725. The van der Waals surface area contributed by atoms with Crippen LogP contribution >= 0.6 is 0 Å². The van der Waals surface area contributed by atoms with Crippen LogP contribution < -0.4 is 5.43 Å². The molecule has 108 valence electrons. The number of nitrogens with one attached hydrogen (secondary N) is 1. The summed E-state index contributed by atoms with van der Waals surface area (Å²) in [7, 11) is 0. The zero-order chi connectivity index (χ0) is 15.2. The smallest absolute Gasteiger partial charge is 0.307 e. The fourth-order valence-electron chi connectivity index (χ4n) is 1.96. The van der Waals surface area contributed by atoms with Gasteiger partial charge < -0.3 is 4.42 Å². The fourth-order valence-corrected chi connectivity index (χ4v) is 1.96. The molecule has 22 heavy (non-hydrogen) atoms. The third-order valence-corrected chi connectivity index (χ3v) is 3.00. The minimum absolute atomic E-state index is 0.211. The monoisotopic (exact) mass is 291 g/mol. The Balaban J connectivity index is 1.92. The molecule has 0 saturated carbocycles. The lowest BCUT2D eigenvalue weighted by atomic mass is 10.0. The first-order valence-corrected chi connectivity index (χ1v) is 6.72. The highest BCUT2D eigenvalue weighted by molar-refractivity contribution is 6.13. The number of rotatable bonds is 4. The first-order chi connectivity index (χ1) is 10.8. The molecule has 0 radical (unpaired) electrons. The second-order valence-electron chi connectivity index (χ2n) is 4.49. The van der Waals surface area contributed by atoms with Gasteiger partial charge in [-0.3, -0.25) is 9.78 Å². The number of carbonyl (C=O) groups is 1. The Labute approximate surface area is 127 Å². The van der Waals surface area contributed by atoms with E-state index >= 15 is 0 Å². The molecule has 0 saturated heterocycles. The summed E-state index contributed by atoms with van der Waals surface area (Å²) in [5.74, 6) is -0.190. The zero-order valence-electron chi connectivity index (χ0n) is 11.6. The summed E-state index contributed by atoms with van der Waals surface area (Å²) in [6, 6.07) is 16.5. The molecular weight excluding hydrogens is 278 g/mol. The summed E-state index contributed by atoms with van der Waals surface area (Å²) in [5.41, 5.74) is 4.84. The minimum Gasteiger partial charge on any atom is -0.459 e. The predicted molar refractivity (Wildman–Crippen MR) is 82.5 cm³/mol. The number of aromatic nitrogens is 1. The van der Waals surface area contributed by atoms with Crippen LogP contribution in [0, 0.1) is 0 Å². The molecule has 5 heteroatoms. The van der Waals surface area contributed by atoms with Crippen molar-refractivity contribution in [1.29, 1.82) is 0 Å². The Kier molecular flexibility index (Phi) is 4.06. The van der Waals surface area contributed by atoms with Crippen molar-refractivity contribution < 1.29 is 9.21 Å². The van der Waals surface area contributed by atoms with Crippen LogP contribution in [0.2, 0.25) is 0 Å². The molecule has 0 aliphatic carbocycles. The molecule has 0 unspecified atom stereocenters. The first kappa shape index (κ1) is 13.8. The Morgan fingerprint density at radius 1 is 1.00 bits per heavy atom. The summed E-state index contributed by atoms with van der Waals surface area (Å²) >= 11 is 0. The van der Waals surface area contributed by atoms with E-state index < -0.39 is 5.91 Å². The van der Waals surface area contributed by atoms with Crippen LogP contribution in [0.15, 0.2) is 82.8 Å². The van der Waals surface area contributed by atoms with Crippen molar-refractivity contribution in [1.82, 2.24) is 10.4 Å². The quantitative estimate of drug-likeness (QED) is 0.593. The summed E-state index contributed by atoms with van der Waals surface area (Å²) in [6.07, 6.45) is 4.83. The fraction of sp³-hybridized carbons (Fsp3) is 0. The van der Waals surface area contributed by atoms with E-state index in [4.69, 9.17) is 4.42 Å². The number of carbonyl (C=O) groups excluding carboxylic acids is 1. The van der Waals surface area contributed by atoms with Gasteiger partial charge in [0.2, 0.25) is 0 Å². The Morgan fingerprint density at radius 3 is 2.50 bits per heavy atom. The summed E-state index contributed by atoms with van der Waals surface area (Å²) in [5, 5.41) is 4.24. The first-order valence-electron chi connectivity index (χ1n) is 6.72. The molecule has 3 rings (SSSR count). The second kappa shape index (κ2) is 6.49. The lowest BCUT2D eigenvalue weighted by molar-refractivity contribution is 0.0927. The van der Waals surface area contributed by atoms with E-state index in [1.807, 2.05) is 42.5 Å². The van der Waals surface area contributed by atoms with E-state index in [1.165, 1.54) is 6.26 Å². The molecule has 0 bridgehead atoms. The Morgan fingerprint density at radius 2 is 1.82 bits per heavy atom. The highest BCUT2D eigenvalue weighted by Crippen LogP contribution is 2.09. The van der Waals surface area contributed by atoms with Crippen LogP contribution in [0.5, 0.6) is 0 Å². The average molecular weight is 291 g/mol. The van der Waals surface area contributed by atoms with E-state index in [-0.39, 0.29) is 5.76 Å². The summed E-state index contributed by atoms with van der Waals surface area (Å²) < 4.78 is 5.05. The largest absolute Gasteiger partial charge is 0.459 e. The zero-order valence-corrected chi connectivity index (χ0v) is 11.6. The van der Waals surface area contributed by atoms with E-state index in [2.05, 4.69) is 15.5 Å². The number of amides is 1. The maximum Gasteiger partial charge on any atom is 0.307 e. The molecule has 0 aliphatic heterocycles. The van der Waals surface area contributed by atoms with Crippen molar-refractivity contribution in [3.8, 4) is 0 Å². The molecule has 5 nitrogen and oxygen atoms in total. The molecule has 0 spiro atoms. The number of furan rings is 1. The minimum atomic E-state index is -0.401. The van der Waals surface area contributed by atoms with Crippen molar-refractivity contribution in [2.24, 2.45) is 5.10 Å². The molecule has 2 heterocycles. The maximum absolute atomic E-state index is 11.9. The summed E-state index contributed by atoms with van der Waals surface area (Å²) in [4.78, 5) is 16.0. The highest BCUT2D eigenvalue weighted by atomic mass is 16.3. The van der Waals surface area contributed by atoms with Crippen molar-refractivity contribution in [2.45, 2.75) is 0 Å². The van der Waals surface area contributed by atoms with E-state index in [1.54, 1.807) is 24.5 Å². The lowest BCUT2D eigenvalue weighted by Crippen LogP contribution is -2.20. The van der Waals surface area contributed by atoms with Gasteiger partial charge in [-0.05, 0) is 24.3 Å². The second-order valence-corrected chi connectivity index (χ2v) is 4.49. The number of benzene rings is 1. The molecular formula is C17H13N3O2. The van der Waals surface area contributed by atoms with Crippen LogP contribution in [0.1, 0.15) is 21.7 Å². The standard InChI is InChI=1S/C17H13N3O2/c21-17(15-9-5-11-22-15)20-19-16(13-6-2-1-3-7-13)14-8-4-10-18-12-14/h1-12H,(H,20,21)/b19-16+. The number of nitrogens with zero attached hydrogens (tertiary/aromatic N) is 2. The van der Waals surface area contributed by atoms with Crippen LogP contribution in [0.25, 0.3) is 0 Å². The third kappa shape index (κ3) is 3.09. The molecule has 3 aromatic rings. The van der Waals surface area contributed by atoms with Crippen molar-refractivity contribution in [2.75, 3.05) is 0 Å². The molecule has 1 amide bonds. The van der Waals surface area contributed by atoms with Gasteiger partial charge in [-0.15, -0.1) is 0 Å². The number of pyridine rings is 1. The van der Waals surface area contributed by atoms with Crippen LogP contribution in [-0.2, 0) is 0 Å². The van der Waals surface area contributed by atoms with Crippen molar-refractivity contribution >= 4 is 11.6 Å². The van der Waals surface area contributed by atoms with Crippen LogP contribution in [0.4, 0.5) is 0 Å². The van der Waals surface area contributed by atoms with E-state index in [0.717, 1.165) is 11.1 Å². The SMILES string of the molecule is O=C(N/N=C(\c1ccccc1)c1cccnc1)c1ccco1. The van der Waals surface area contributed by atoms with Gasteiger partial charge >= 0.3 is 5.91 Å². The molecule has 0 atom stereocenters. The van der Waals surface area contributed by atoms with Gasteiger partial charge in [0.05, 0.1) is 12.0 Å². The van der Waals surface area contributed by atoms with E-state index in [9.17, 15) is 4.79 Å². The Hall–Kier alpha value is -3.21. The normalized spacial score (nSPS) is 11.2. The van der Waals surface area contributed by atoms with Crippen molar-refractivity contribution in [3.63, 3.8) is 0 Å². The topological polar surface area (TPSA) is 67.5 Å². The third-order valence-electron chi connectivity index (χ3n) is 3.00. The van der Waals surface area contributed by atoms with Gasteiger partial charge in [0.1, 0.15) is 0 Å². The highest BCUT2D eigenvalue weighted by Gasteiger charge is 2.10. The molecule has 1 N–H and O–H groups in total. The average Bonchev–Trinajstić information content (AvgIpc) is 3.11. The van der Waals surface area contributed by atoms with Gasteiger partial charge in [-0.2, -0.15) is 5.10 Å². The lowest BCUT2D eigenvalue weighted by Gasteiger charge is -2.07. The summed E-state index contributed by atoms with van der Waals surface area (Å²) in [6.45, 7) is 0. The number of hydrazone groups is 1. The van der Waals surface area contributed by atoms with Gasteiger partial charge in [0, 0.05) is 23.5 Å². The van der Waals surface area contributed by atoms with Gasteiger partial charge in [0.25, 0.3) is 0 Å². The van der Waals surface area contributed by atoms with E-state index in [0.29, 0.717) is 5.71 Å². The van der Waals surface area contributed by atoms with Gasteiger partial charge in [-0.25, -0.2) is 5.43 Å². The molecule has 0 fully saturated rings. The predicted octanol–water partition coefficient (Wildman–Crippen LogP) is 2.86. The molecule has 0 aliphatic rings. The van der Waals surface area contributed by atoms with Crippen LogP contribution in [0.3, 0.4) is 0 Å².